The molecule has 0 aliphatic heterocycles. The van der Waals surface area contributed by atoms with Gasteiger partial charge in [0.05, 0.1) is 18.0 Å². The standard InChI is InChI=1S/C23H31BrN2O/c1-2-3-6-9-20-10-12-21(13-11-20)25-26-22-14-16-23(17-15-22)27-19-8-5-4-7-18-24/h10-17H,2-9,18-19H2,1H3/b26-25+. The zero-order chi connectivity index (χ0) is 19.2. The Hall–Kier alpha value is -1.68. The number of hydrogen-bond donors (Lipinski definition) is 0. The van der Waals surface area contributed by atoms with Crippen LogP contribution in [0.3, 0.4) is 0 Å². The van der Waals surface area contributed by atoms with Gasteiger partial charge >= 0.3 is 0 Å². The van der Waals surface area contributed by atoms with Crippen LogP contribution in [0.15, 0.2) is 58.8 Å². The molecule has 0 saturated carbocycles. The summed E-state index contributed by atoms with van der Waals surface area (Å²) in [6, 6.07) is 16.2. The number of nitrogens with zero attached hydrogens (tertiary/aromatic N) is 2. The maximum absolute atomic E-state index is 5.77. The Bertz CT molecular complexity index is 653. The SMILES string of the molecule is CCCCCc1ccc(/N=N/c2ccc(OCCCCCCBr)cc2)cc1. The van der Waals surface area contributed by atoms with Crippen LogP contribution in [0.5, 0.6) is 5.75 Å². The van der Waals surface area contributed by atoms with Crippen LogP contribution in [0.2, 0.25) is 0 Å². The fourth-order valence-electron chi connectivity index (χ4n) is 2.77. The Morgan fingerprint density at radius 2 is 1.37 bits per heavy atom. The maximum Gasteiger partial charge on any atom is 0.119 e. The van der Waals surface area contributed by atoms with E-state index in [0.717, 1.165) is 41.9 Å². The van der Waals surface area contributed by atoms with E-state index in [1.807, 2.05) is 36.4 Å². The highest BCUT2D eigenvalue weighted by molar-refractivity contribution is 9.09. The van der Waals surface area contributed by atoms with Gasteiger partial charge in [0, 0.05) is 5.33 Å². The Morgan fingerprint density at radius 3 is 2.00 bits per heavy atom. The molecule has 0 heterocycles. The molecule has 0 aromatic heterocycles. The average molecular weight is 431 g/mol. The van der Waals surface area contributed by atoms with Crippen LogP contribution in [0.4, 0.5) is 11.4 Å². The molecule has 0 bridgehead atoms. The molecule has 27 heavy (non-hydrogen) atoms. The van der Waals surface area contributed by atoms with Crippen molar-refractivity contribution in [2.45, 2.75) is 58.3 Å². The lowest BCUT2D eigenvalue weighted by Crippen LogP contribution is -1.96. The highest BCUT2D eigenvalue weighted by Gasteiger charge is 1.97. The van der Waals surface area contributed by atoms with E-state index in [1.165, 1.54) is 44.1 Å². The van der Waals surface area contributed by atoms with Crippen molar-refractivity contribution in [3.63, 3.8) is 0 Å². The molecule has 0 radical (unpaired) electrons. The number of hydrogen-bond acceptors (Lipinski definition) is 3. The molecule has 0 fully saturated rings. The summed E-state index contributed by atoms with van der Waals surface area (Å²) in [5.41, 5.74) is 3.10. The lowest BCUT2D eigenvalue weighted by molar-refractivity contribution is 0.305. The smallest absolute Gasteiger partial charge is 0.119 e. The van der Waals surface area contributed by atoms with Gasteiger partial charge < -0.3 is 4.74 Å². The highest BCUT2D eigenvalue weighted by Crippen LogP contribution is 2.22. The zero-order valence-electron chi connectivity index (χ0n) is 16.4. The number of alkyl halides is 1. The minimum atomic E-state index is 0.772. The van der Waals surface area contributed by atoms with Crippen molar-refractivity contribution in [2.75, 3.05) is 11.9 Å². The van der Waals surface area contributed by atoms with Crippen LogP contribution >= 0.6 is 15.9 Å². The van der Waals surface area contributed by atoms with E-state index in [2.05, 4.69) is 45.2 Å². The van der Waals surface area contributed by atoms with Crippen LogP contribution in [0.25, 0.3) is 0 Å². The van der Waals surface area contributed by atoms with Crippen molar-refractivity contribution in [3.05, 3.63) is 54.1 Å². The molecule has 3 nitrogen and oxygen atoms in total. The Morgan fingerprint density at radius 1 is 0.741 bits per heavy atom. The first-order valence-corrected chi connectivity index (χ1v) is 11.2. The number of halogens is 1. The summed E-state index contributed by atoms with van der Waals surface area (Å²) in [7, 11) is 0. The molecule has 2 aromatic carbocycles. The number of rotatable bonds is 13. The van der Waals surface area contributed by atoms with Gasteiger partial charge in [0.15, 0.2) is 0 Å². The second-order valence-corrected chi connectivity index (χ2v) is 7.56. The molecule has 2 rings (SSSR count). The van der Waals surface area contributed by atoms with Crippen molar-refractivity contribution >= 4 is 27.3 Å². The maximum atomic E-state index is 5.77. The van der Waals surface area contributed by atoms with Crippen molar-refractivity contribution < 1.29 is 4.74 Å². The first kappa shape index (κ1) is 21.6. The van der Waals surface area contributed by atoms with Crippen LogP contribution in [-0.2, 0) is 6.42 Å². The van der Waals surface area contributed by atoms with Gasteiger partial charge in [-0.1, -0.05) is 60.7 Å². The molecule has 146 valence electrons. The van der Waals surface area contributed by atoms with Crippen LogP contribution in [-0.4, -0.2) is 11.9 Å². The average Bonchev–Trinajstić information content (AvgIpc) is 2.71. The van der Waals surface area contributed by atoms with E-state index < -0.39 is 0 Å². The first-order valence-electron chi connectivity index (χ1n) is 10.1. The normalized spacial score (nSPS) is 11.2. The minimum absolute atomic E-state index is 0.772. The van der Waals surface area contributed by atoms with Gasteiger partial charge in [-0.3, -0.25) is 0 Å². The summed E-state index contributed by atoms with van der Waals surface area (Å²) in [6.45, 7) is 3.00. The molecule has 0 N–H and O–H groups in total. The van der Waals surface area contributed by atoms with Gasteiger partial charge in [-0.05, 0) is 67.6 Å². The van der Waals surface area contributed by atoms with Gasteiger partial charge in [0.25, 0.3) is 0 Å². The number of benzene rings is 2. The lowest BCUT2D eigenvalue weighted by atomic mass is 10.1. The molecule has 0 spiro atoms. The van der Waals surface area contributed by atoms with E-state index in [4.69, 9.17) is 4.74 Å². The third-order valence-corrected chi connectivity index (χ3v) is 4.98. The summed E-state index contributed by atoms with van der Waals surface area (Å²) in [4.78, 5) is 0. The number of ether oxygens (including phenoxy) is 1. The van der Waals surface area contributed by atoms with E-state index in [0.29, 0.717) is 0 Å². The van der Waals surface area contributed by atoms with Crippen molar-refractivity contribution in [1.29, 1.82) is 0 Å². The third kappa shape index (κ3) is 9.18. The molecule has 0 atom stereocenters. The zero-order valence-corrected chi connectivity index (χ0v) is 18.0. The summed E-state index contributed by atoms with van der Waals surface area (Å²) < 4.78 is 5.77. The third-order valence-electron chi connectivity index (χ3n) is 4.42. The minimum Gasteiger partial charge on any atom is -0.494 e. The van der Waals surface area contributed by atoms with Crippen LogP contribution < -0.4 is 4.74 Å². The highest BCUT2D eigenvalue weighted by atomic mass is 79.9. The van der Waals surface area contributed by atoms with Gasteiger partial charge in [-0.25, -0.2) is 0 Å². The van der Waals surface area contributed by atoms with Gasteiger partial charge in [-0.15, -0.1) is 0 Å². The Balaban J connectivity index is 1.74. The summed E-state index contributed by atoms with van der Waals surface area (Å²) in [6.07, 6.45) is 9.75. The van der Waals surface area contributed by atoms with Crippen molar-refractivity contribution in [2.24, 2.45) is 10.2 Å². The second-order valence-electron chi connectivity index (χ2n) is 6.77. The first-order chi connectivity index (χ1) is 13.3. The summed E-state index contributed by atoms with van der Waals surface area (Å²) in [5.74, 6) is 0.894. The predicted octanol–water partition coefficient (Wildman–Crippen LogP) is 8.17. The molecule has 0 aliphatic carbocycles. The van der Waals surface area contributed by atoms with Gasteiger partial charge in [0.1, 0.15) is 5.75 Å². The summed E-state index contributed by atoms with van der Waals surface area (Å²) >= 11 is 3.46. The number of unbranched alkanes of at least 4 members (excludes halogenated alkanes) is 5. The molecule has 0 saturated heterocycles. The largest absolute Gasteiger partial charge is 0.494 e. The Kier molecular flexibility index (Phi) is 10.8. The fourth-order valence-corrected chi connectivity index (χ4v) is 3.17. The number of aryl methyl sites for hydroxylation is 1. The summed E-state index contributed by atoms with van der Waals surface area (Å²) in [5, 5.41) is 9.74. The molecular weight excluding hydrogens is 400 g/mol. The Labute approximate surface area is 172 Å². The number of azo groups is 1. The molecule has 4 heteroatoms. The van der Waals surface area contributed by atoms with Crippen molar-refractivity contribution in [3.8, 4) is 5.75 Å². The second kappa shape index (κ2) is 13.5. The van der Waals surface area contributed by atoms with Crippen LogP contribution in [0.1, 0.15) is 57.4 Å². The lowest BCUT2D eigenvalue weighted by Gasteiger charge is -2.05. The molecule has 0 unspecified atom stereocenters. The molecule has 0 amide bonds. The predicted molar refractivity (Wildman–Crippen MR) is 118 cm³/mol. The van der Waals surface area contributed by atoms with Gasteiger partial charge in [0.2, 0.25) is 0 Å². The monoisotopic (exact) mass is 430 g/mol. The van der Waals surface area contributed by atoms with E-state index in [9.17, 15) is 0 Å². The molecule has 0 aliphatic rings. The topological polar surface area (TPSA) is 34.0 Å². The molecular formula is C23H31BrN2O. The van der Waals surface area contributed by atoms with Crippen LogP contribution in [0, 0.1) is 0 Å². The fraction of sp³-hybridized carbons (Fsp3) is 0.478. The quantitative estimate of drug-likeness (QED) is 0.179. The van der Waals surface area contributed by atoms with Gasteiger partial charge in [-0.2, -0.15) is 10.2 Å². The van der Waals surface area contributed by atoms with Crippen molar-refractivity contribution in [1.82, 2.24) is 0 Å². The van der Waals surface area contributed by atoms with E-state index >= 15 is 0 Å². The van der Waals surface area contributed by atoms with E-state index in [-0.39, 0.29) is 0 Å². The molecule has 2 aromatic rings. The van der Waals surface area contributed by atoms with E-state index in [1.54, 1.807) is 0 Å².